The molecule has 1 aromatic carbocycles. The largest absolute Gasteiger partial charge is 0.469 e. The zero-order valence-corrected chi connectivity index (χ0v) is 26.1. The number of nitriles is 1. The number of hydrogen-bond acceptors (Lipinski definition) is 8. The molecule has 7 atom stereocenters. The van der Waals surface area contributed by atoms with Crippen LogP contribution in [-0.4, -0.2) is 79.0 Å². The number of H-pyrrole nitrogens is 1. The van der Waals surface area contributed by atoms with Gasteiger partial charge in [-0.1, -0.05) is 51.3 Å². The van der Waals surface area contributed by atoms with E-state index in [4.69, 9.17) is 9.47 Å². The molecule has 1 aliphatic heterocycles. The van der Waals surface area contributed by atoms with Gasteiger partial charge in [0.25, 0.3) is 0 Å². The summed E-state index contributed by atoms with van der Waals surface area (Å²) in [4.78, 5) is 21.2. The van der Waals surface area contributed by atoms with Crippen molar-refractivity contribution < 1.29 is 19.4 Å². The van der Waals surface area contributed by atoms with Crippen LogP contribution in [0.2, 0.25) is 0 Å². The van der Waals surface area contributed by atoms with E-state index in [-0.39, 0.29) is 30.1 Å². The number of hydrogen-bond donors (Lipinski definition) is 3. The zero-order chi connectivity index (χ0) is 30.2. The molecule has 3 N–H and O–H groups in total. The van der Waals surface area contributed by atoms with Crippen LogP contribution >= 0.6 is 0 Å². The van der Waals surface area contributed by atoms with Gasteiger partial charge in [0.15, 0.2) is 6.19 Å². The summed E-state index contributed by atoms with van der Waals surface area (Å²) in [5.41, 5.74) is 3.16. The number of carbonyl (C=O) groups is 1. The molecule has 9 heteroatoms. The van der Waals surface area contributed by atoms with Crippen LogP contribution in [-0.2, 0) is 14.3 Å². The molecule has 0 amide bonds. The number of aliphatic hydroxyl groups excluding tert-OH is 1. The number of benzene rings is 1. The number of para-hydroxylation sites is 1. The minimum Gasteiger partial charge on any atom is -0.469 e. The van der Waals surface area contributed by atoms with Gasteiger partial charge in [0.05, 0.1) is 43.1 Å². The average Bonchev–Trinajstić information content (AvgIpc) is 3.38. The standard InChI is InChI=1S/C33H51N5O4/c1-6-8-12-17-35-32-22-15-16-27(39)30(33(40)42-5)24(22)19-28(41-4)31-29(23-13-10-11-14-25(23)36-31)26(20-38(32)21-34)37(3)18-9-7-2/h10-11,13-14,22,24,26-28,30,32,35-36,39H,6-9,12,15-20H2,1-5H3/t22-,24+,26?,27+,28-,30-,32?/m1/s1. The Morgan fingerprint density at radius 1 is 1.17 bits per heavy atom. The van der Waals surface area contributed by atoms with Crippen molar-refractivity contribution in [3.63, 3.8) is 0 Å². The Balaban J connectivity index is 1.91. The van der Waals surface area contributed by atoms with Crippen LogP contribution < -0.4 is 5.32 Å². The summed E-state index contributed by atoms with van der Waals surface area (Å²) in [6.45, 7) is 6.58. The van der Waals surface area contributed by atoms with Gasteiger partial charge in [-0.15, -0.1) is 0 Å². The molecule has 232 valence electrons. The van der Waals surface area contributed by atoms with Crippen molar-refractivity contribution in [2.75, 3.05) is 40.9 Å². The minimum absolute atomic E-state index is 0.0519. The van der Waals surface area contributed by atoms with Crippen molar-refractivity contribution in [1.82, 2.24) is 20.1 Å². The fourth-order valence-electron chi connectivity index (χ4n) is 7.40. The molecular weight excluding hydrogens is 530 g/mol. The van der Waals surface area contributed by atoms with Gasteiger partial charge in [0, 0.05) is 30.1 Å². The number of carbonyl (C=O) groups excluding carboxylic acids is 1. The van der Waals surface area contributed by atoms with Crippen molar-refractivity contribution in [3.8, 4) is 6.19 Å². The number of rotatable bonds is 11. The van der Waals surface area contributed by atoms with Gasteiger partial charge in [-0.2, -0.15) is 5.26 Å². The van der Waals surface area contributed by atoms with Gasteiger partial charge in [-0.05, 0) is 70.1 Å². The maximum atomic E-state index is 13.2. The SMILES string of the molecule is CCCCCNC1[C@@H]2CC[C@H](O)[C@H](C(=O)OC)[C@H]2C[C@@H](OC)c2[nH]c3ccccc3c2C(N(C)CCCC)CN1C#N. The van der Waals surface area contributed by atoms with Crippen molar-refractivity contribution in [3.05, 3.63) is 35.5 Å². The second-order valence-electron chi connectivity index (χ2n) is 12.2. The molecule has 2 aliphatic rings. The number of nitrogens with zero attached hydrogens (tertiary/aromatic N) is 3. The van der Waals surface area contributed by atoms with E-state index in [1.165, 1.54) is 7.11 Å². The van der Waals surface area contributed by atoms with Crippen LogP contribution in [0.25, 0.3) is 10.9 Å². The Bertz CT molecular complexity index is 1190. The predicted octanol–water partition coefficient (Wildman–Crippen LogP) is 5.10. The van der Waals surface area contributed by atoms with E-state index in [9.17, 15) is 15.2 Å². The van der Waals surface area contributed by atoms with Crippen LogP contribution in [0.4, 0.5) is 0 Å². The summed E-state index contributed by atoms with van der Waals surface area (Å²) in [6, 6.07) is 8.26. The minimum atomic E-state index is -0.800. The van der Waals surface area contributed by atoms with Crippen LogP contribution in [0.3, 0.4) is 0 Å². The van der Waals surface area contributed by atoms with Crippen molar-refractivity contribution in [1.29, 1.82) is 5.26 Å². The Labute approximate surface area is 251 Å². The smallest absolute Gasteiger partial charge is 0.311 e. The molecule has 9 nitrogen and oxygen atoms in total. The maximum absolute atomic E-state index is 13.2. The fraction of sp³-hybridized carbons (Fsp3) is 0.697. The summed E-state index contributed by atoms with van der Waals surface area (Å²) in [6.07, 6.45) is 8.27. The Morgan fingerprint density at radius 3 is 2.62 bits per heavy atom. The molecule has 1 aliphatic carbocycles. The lowest BCUT2D eigenvalue weighted by molar-refractivity contribution is -0.159. The number of likely N-dealkylation sites (N-methyl/N-ethyl adjacent to an activating group) is 1. The normalized spacial score (nSPS) is 28.2. The van der Waals surface area contributed by atoms with E-state index in [0.29, 0.717) is 25.8 Å². The van der Waals surface area contributed by atoms with Gasteiger partial charge < -0.3 is 19.6 Å². The molecule has 2 unspecified atom stereocenters. The van der Waals surface area contributed by atoms with E-state index < -0.39 is 18.0 Å². The Kier molecular flexibility index (Phi) is 11.7. The lowest BCUT2D eigenvalue weighted by atomic mass is 9.66. The third kappa shape index (κ3) is 6.78. The molecule has 0 spiro atoms. The number of methoxy groups -OCH3 is 2. The maximum Gasteiger partial charge on any atom is 0.311 e. The van der Waals surface area contributed by atoms with Crippen LogP contribution in [0.15, 0.2) is 24.3 Å². The first-order chi connectivity index (χ1) is 20.4. The highest BCUT2D eigenvalue weighted by atomic mass is 16.5. The summed E-state index contributed by atoms with van der Waals surface area (Å²) in [5, 5.41) is 26.8. The summed E-state index contributed by atoms with van der Waals surface area (Å²) >= 11 is 0. The number of aliphatic hydroxyl groups is 1. The average molecular weight is 582 g/mol. The lowest BCUT2D eigenvalue weighted by Crippen LogP contribution is -2.57. The number of aromatic nitrogens is 1. The topological polar surface area (TPSA) is 114 Å². The molecule has 0 bridgehead atoms. The molecule has 42 heavy (non-hydrogen) atoms. The first kappa shape index (κ1) is 32.3. The highest BCUT2D eigenvalue weighted by molar-refractivity contribution is 5.85. The molecule has 0 saturated heterocycles. The van der Waals surface area contributed by atoms with Crippen LogP contribution in [0.5, 0.6) is 0 Å². The quantitative estimate of drug-likeness (QED) is 0.191. The van der Waals surface area contributed by atoms with Crippen molar-refractivity contribution in [2.45, 2.75) is 89.6 Å². The number of ether oxygens (including phenoxy) is 2. The number of fused-ring (bicyclic) bond motifs is 4. The molecular formula is C33H51N5O4. The summed E-state index contributed by atoms with van der Waals surface area (Å²) in [7, 11) is 5.28. The van der Waals surface area contributed by atoms with Crippen molar-refractivity contribution >= 4 is 16.9 Å². The second kappa shape index (κ2) is 15.2. The van der Waals surface area contributed by atoms with Gasteiger partial charge in [-0.3, -0.25) is 19.9 Å². The number of unbranched alkanes of at least 4 members (excludes halogenated alkanes) is 3. The van der Waals surface area contributed by atoms with Gasteiger partial charge in [0.2, 0.25) is 0 Å². The highest BCUT2D eigenvalue weighted by Gasteiger charge is 2.49. The fourth-order valence-corrected chi connectivity index (χ4v) is 7.40. The number of aromatic amines is 1. The second-order valence-corrected chi connectivity index (χ2v) is 12.2. The van der Waals surface area contributed by atoms with Crippen LogP contribution in [0.1, 0.15) is 88.6 Å². The third-order valence-corrected chi connectivity index (χ3v) is 9.67. The molecule has 4 rings (SSSR count). The Morgan fingerprint density at radius 2 is 1.93 bits per heavy atom. The number of nitrogens with one attached hydrogen (secondary N) is 2. The van der Waals surface area contributed by atoms with Gasteiger partial charge in [0.1, 0.15) is 0 Å². The van der Waals surface area contributed by atoms with Gasteiger partial charge in [-0.25, -0.2) is 0 Å². The molecule has 0 radical (unpaired) electrons. The van der Waals surface area contributed by atoms with Gasteiger partial charge >= 0.3 is 5.97 Å². The van der Waals surface area contributed by atoms with E-state index in [1.54, 1.807) is 7.11 Å². The lowest BCUT2D eigenvalue weighted by Gasteiger charge is -2.48. The predicted molar refractivity (Wildman–Crippen MR) is 164 cm³/mol. The highest BCUT2D eigenvalue weighted by Crippen LogP contribution is 2.47. The molecule has 1 saturated carbocycles. The first-order valence-electron chi connectivity index (χ1n) is 15.9. The third-order valence-electron chi connectivity index (χ3n) is 9.67. The first-order valence-corrected chi connectivity index (χ1v) is 15.9. The number of esters is 1. The van der Waals surface area contributed by atoms with E-state index >= 15 is 0 Å². The van der Waals surface area contributed by atoms with Crippen molar-refractivity contribution in [2.24, 2.45) is 17.8 Å². The van der Waals surface area contributed by atoms with E-state index in [2.05, 4.69) is 60.5 Å². The summed E-state index contributed by atoms with van der Waals surface area (Å²) in [5.74, 6) is -1.39. The molecule has 1 aromatic heterocycles. The van der Waals surface area contributed by atoms with E-state index in [0.717, 1.165) is 67.4 Å². The molecule has 1 fully saturated rings. The monoisotopic (exact) mass is 581 g/mol. The van der Waals surface area contributed by atoms with E-state index in [1.807, 2.05) is 11.0 Å². The Hall–Kier alpha value is -2.64. The molecule has 2 aromatic rings. The zero-order valence-electron chi connectivity index (χ0n) is 26.1. The molecule has 2 heterocycles. The van der Waals surface area contributed by atoms with Crippen LogP contribution in [0, 0.1) is 29.2 Å². The summed E-state index contributed by atoms with van der Waals surface area (Å²) < 4.78 is 11.5.